The molecule has 0 radical (unpaired) electrons. The van der Waals surface area contributed by atoms with E-state index < -0.39 is 0 Å². The fourth-order valence-electron chi connectivity index (χ4n) is 2.12. The second kappa shape index (κ2) is 7.21. The molecule has 84 valence electrons. The Morgan fingerprint density at radius 1 is 1.14 bits per heavy atom. The SMILES string of the molecule is COCCOC1CCCCCC1CN. The molecule has 14 heavy (non-hydrogen) atoms. The number of rotatable bonds is 5. The summed E-state index contributed by atoms with van der Waals surface area (Å²) in [5.41, 5.74) is 5.76. The molecule has 1 saturated carbocycles. The molecule has 0 aromatic rings. The Balaban J connectivity index is 2.28. The Bertz CT molecular complexity index is 141. The van der Waals surface area contributed by atoms with Gasteiger partial charge in [0.1, 0.15) is 0 Å². The predicted octanol–water partition coefficient (Wildman–Crippen LogP) is 1.56. The first-order valence-corrected chi connectivity index (χ1v) is 5.69. The molecule has 0 amide bonds. The standard InChI is InChI=1S/C11H23NO2/c1-13-7-8-14-11-6-4-2-3-5-10(11)9-12/h10-11H,2-9,12H2,1H3. The summed E-state index contributed by atoms with van der Waals surface area (Å²) in [6.45, 7) is 2.16. The number of hydrogen-bond acceptors (Lipinski definition) is 3. The van der Waals surface area contributed by atoms with Gasteiger partial charge in [0.2, 0.25) is 0 Å². The lowest BCUT2D eigenvalue weighted by molar-refractivity contribution is -0.0143. The summed E-state index contributed by atoms with van der Waals surface area (Å²) in [6.07, 6.45) is 6.71. The van der Waals surface area contributed by atoms with E-state index in [0.29, 0.717) is 25.2 Å². The van der Waals surface area contributed by atoms with Gasteiger partial charge in [0.05, 0.1) is 19.3 Å². The summed E-state index contributed by atoms with van der Waals surface area (Å²) < 4.78 is 10.8. The van der Waals surface area contributed by atoms with Gasteiger partial charge in [0, 0.05) is 7.11 Å². The Morgan fingerprint density at radius 2 is 1.93 bits per heavy atom. The monoisotopic (exact) mass is 201 g/mol. The van der Waals surface area contributed by atoms with E-state index in [2.05, 4.69) is 0 Å². The van der Waals surface area contributed by atoms with E-state index in [4.69, 9.17) is 15.2 Å². The summed E-state index contributed by atoms with van der Waals surface area (Å²) in [7, 11) is 1.71. The lowest BCUT2D eigenvalue weighted by atomic mass is 9.97. The van der Waals surface area contributed by atoms with Crippen molar-refractivity contribution in [2.24, 2.45) is 11.7 Å². The largest absolute Gasteiger partial charge is 0.382 e. The molecule has 1 aliphatic carbocycles. The topological polar surface area (TPSA) is 44.5 Å². The second-order valence-electron chi connectivity index (χ2n) is 4.04. The molecule has 2 N–H and O–H groups in total. The lowest BCUT2D eigenvalue weighted by Gasteiger charge is -2.23. The van der Waals surface area contributed by atoms with Crippen LogP contribution in [0.4, 0.5) is 0 Å². The van der Waals surface area contributed by atoms with Crippen LogP contribution in [0.15, 0.2) is 0 Å². The lowest BCUT2D eigenvalue weighted by Crippen LogP contribution is -2.30. The van der Waals surface area contributed by atoms with Crippen molar-refractivity contribution in [1.29, 1.82) is 0 Å². The smallest absolute Gasteiger partial charge is 0.0704 e. The van der Waals surface area contributed by atoms with Gasteiger partial charge in [-0.1, -0.05) is 19.3 Å². The third-order valence-electron chi connectivity index (χ3n) is 3.01. The molecular weight excluding hydrogens is 178 g/mol. The number of methoxy groups -OCH3 is 1. The van der Waals surface area contributed by atoms with Gasteiger partial charge in [-0.05, 0) is 25.3 Å². The fraction of sp³-hybridized carbons (Fsp3) is 1.00. The van der Waals surface area contributed by atoms with Crippen molar-refractivity contribution in [3.05, 3.63) is 0 Å². The van der Waals surface area contributed by atoms with Crippen molar-refractivity contribution < 1.29 is 9.47 Å². The van der Waals surface area contributed by atoms with Crippen LogP contribution in [0.3, 0.4) is 0 Å². The molecule has 0 saturated heterocycles. The molecule has 1 fully saturated rings. The molecule has 2 atom stereocenters. The van der Waals surface area contributed by atoms with Gasteiger partial charge >= 0.3 is 0 Å². The first-order valence-electron chi connectivity index (χ1n) is 5.69. The molecular formula is C11H23NO2. The Labute approximate surface area is 86.9 Å². The zero-order valence-electron chi connectivity index (χ0n) is 9.21. The van der Waals surface area contributed by atoms with Crippen molar-refractivity contribution >= 4 is 0 Å². The highest BCUT2D eigenvalue weighted by molar-refractivity contribution is 4.75. The van der Waals surface area contributed by atoms with Crippen LogP contribution >= 0.6 is 0 Å². The third-order valence-corrected chi connectivity index (χ3v) is 3.01. The highest BCUT2D eigenvalue weighted by Crippen LogP contribution is 2.24. The van der Waals surface area contributed by atoms with Crippen LogP contribution in [-0.2, 0) is 9.47 Å². The Hall–Kier alpha value is -0.120. The average Bonchev–Trinajstić information content (AvgIpc) is 2.43. The molecule has 2 unspecified atom stereocenters. The number of nitrogens with two attached hydrogens (primary N) is 1. The second-order valence-corrected chi connectivity index (χ2v) is 4.04. The zero-order valence-corrected chi connectivity index (χ0v) is 9.21. The summed E-state index contributed by atoms with van der Waals surface area (Å²) in [5, 5.41) is 0. The van der Waals surface area contributed by atoms with Gasteiger partial charge in [-0.15, -0.1) is 0 Å². The van der Waals surface area contributed by atoms with Crippen molar-refractivity contribution in [1.82, 2.24) is 0 Å². The minimum absolute atomic E-state index is 0.373. The van der Waals surface area contributed by atoms with Gasteiger partial charge in [0.25, 0.3) is 0 Å². The molecule has 0 heterocycles. The summed E-state index contributed by atoms with van der Waals surface area (Å²) in [6, 6.07) is 0. The Kier molecular flexibility index (Phi) is 6.15. The van der Waals surface area contributed by atoms with E-state index in [9.17, 15) is 0 Å². The average molecular weight is 201 g/mol. The number of ether oxygens (including phenoxy) is 2. The number of hydrogen-bond donors (Lipinski definition) is 1. The third kappa shape index (κ3) is 3.95. The van der Waals surface area contributed by atoms with Crippen LogP contribution in [-0.4, -0.2) is 33.0 Å². The van der Waals surface area contributed by atoms with Crippen molar-refractivity contribution in [2.75, 3.05) is 26.9 Å². The molecule has 0 aromatic carbocycles. The van der Waals surface area contributed by atoms with Crippen LogP contribution in [0.5, 0.6) is 0 Å². The highest BCUT2D eigenvalue weighted by Gasteiger charge is 2.22. The van der Waals surface area contributed by atoms with Crippen LogP contribution in [0, 0.1) is 5.92 Å². The normalized spacial score (nSPS) is 28.7. The van der Waals surface area contributed by atoms with Gasteiger partial charge in [-0.25, -0.2) is 0 Å². The predicted molar refractivity (Wildman–Crippen MR) is 57.2 cm³/mol. The zero-order chi connectivity index (χ0) is 10.2. The van der Waals surface area contributed by atoms with Crippen LogP contribution in [0.25, 0.3) is 0 Å². The van der Waals surface area contributed by atoms with Gasteiger partial charge in [-0.3, -0.25) is 0 Å². The van der Waals surface area contributed by atoms with E-state index in [1.54, 1.807) is 7.11 Å². The van der Waals surface area contributed by atoms with E-state index >= 15 is 0 Å². The van der Waals surface area contributed by atoms with E-state index in [1.165, 1.54) is 32.1 Å². The highest BCUT2D eigenvalue weighted by atomic mass is 16.5. The summed E-state index contributed by atoms with van der Waals surface area (Å²) in [4.78, 5) is 0. The van der Waals surface area contributed by atoms with Crippen LogP contribution < -0.4 is 5.73 Å². The molecule has 1 rings (SSSR count). The molecule has 0 spiro atoms. The van der Waals surface area contributed by atoms with Crippen LogP contribution in [0.2, 0.25) is 0 Å². The van der Waals surface area contributed by atoms with Crippen molar-refractivity contribution in [3.8, 4) is 0 Å². The maximum absolute atomic E-state index is 5.80. The minimum Gasteiger partial charge on any atom is -0.382 e. The van der Waals surface area contributed by atoms with E-state index in [0.717, 1.165) is 6.54 Å². The minimum atomic E-state index is 0.373. The molecule has 3 heteroatoms. The quantitative estimate of drug-likeness (QED) is 0.542. The molecule has 3 nitrogen and oxygen atoms in total. The Morgan fingerprint density at radius 3 is 2.64 bits per heavy atom. The van der Waals surface area contributed by atoms with Crippen LogP contribution in [0.1, 0.15) is 32.1 Å². The maximum Gasteiger partial charge on any atom is 0.0704 e. The van der Waals surface area contributed by atoms with Gasteiger partial charge < -0.3 is 15.2 Å². The van der Waals surface area contributed by atoms with Crippen molar-refractivity contribution in [2.45, 2.75) is 38.2 Å². The summed E-state index contributed by atoms with van der Waals surface area (Å²) in [5.74, 6) is 0.564. The molecule has 1 aliphatic rings. The van der Waals surface area contributed by atoms with Gasteiger partial charge in [-0.2, -0.15) is 0 Å². The van der Waals surface area contributed by atoms with E-state index in [-0.39, 0.29) is 0 Å². The first kappa shape index (κ1) is 12.0. The van der Waals surface area contributed by atoms with E-state index in [1.807, 2.05) is 0 Å². The molecule has 0 aromatic heterocycles. The van der Waals surface area contributed by atoms with Gasteiger partial charge in [0.15, 0.2) is 0 Å². The maximum atomic E-state index is 5.80. The first-order chi connectivity index (χ1) is 6.88. The molecule has 0 bridgehead atoms. The van der Waals surface area contributed by atoms with Crippen molar-refractivity contribution in [3.63, 3.8) is 0 Å². The molecule has 0 aliphatic heterocycles. The summed E-state index contributed by atoms with van der Waals surface area (Å²) >= 11 is 0. The fourth-order valence-corrected chi connectivity index (χ4v) is 2.12.